The van der Waals surface area contributed by atoms with Crippen molar-refractivity contribution in [3.05, 3.63) is 48.4 Å². The molecule has 0 aliphatic carbocycles. The van der Waals surface area contributed by atoms with Crippen LogP contribution in [0.3, 0.4) is 0 Å². The van der Waals surface area contributed by atoms with Crippen LogP contribution in [0.2, 0.25) is 0 Å². The molecule has 6 nitrogen and oxygen atoms in total. The summed E-state index contributed by atoms with van der Waals surface area (Å²) >= 11 is 2.75. The van der Waals surface area contributed by atoms with Crippen LogP contribution in [0.5, 0.6) is 0 Å². The maximum atomic E-state index is 12.1. The van der Waals surface area contributed by atoms with Gasteiger partial charge in [0.25, 0.3) is 0 Å². The first-order valence-corrected chi connectivity index (χ1v) is 9.85. The van der Waals surface area contributed by atoms with Crippen LogP contribution in [0, 0.1) is 0 Å². The average Bonchev–Trinajstić information content (AvgIpc) is 3.09. The zero-order chi connectivity index (χ0) is 18.6. The van der Waals surface area contributed by atoms with E-state index in [1.807, 2.05) is 24.3 Å². The van der Waals surface area contributed by atoms with E-state index in [0.717, 1.165) is 10.0 Å². The lowest BCUT2D eigenvalue weighted by Gasteiger charge is -2.19. The smallest absolute Gasteiger partial charge is 0.234 e. The van der Waals surface area contributed by atoms with Gasteiger partial charge in [0.2, 0.25) is 5.91 Å². The summed E-state index contributed by atoms with van der Waals surface area (Å²) in [6.45, 7) is 6.48. The van der Waals surface area contributed by atoms with E-state index in [2.05, 4.69) is 46.3 Å². The highest BCUT2D eigenvalue weighted by Crippen LogP contribution is 2.28. The van der Waals surface area contributed by atoms with E-state index in [1.54, 1.807) is 18.6 Å². The molecule has 3 aromatic rings. The van der Waals surface area contributed by atoms with Crippen molar-refractivity contribution >= 4 is 34.7 Å². The van der Waals surface area contributed by atoms with Crippen LogP contribution in [-0.4, -0.2) is 31.8 Å². The molecule has 0 unspecified atom stereocenters. The SMILES string of the molecule is CC(C)(C)c1ccc(NC(=O)CSc2nnc(-c3cnccn3)s2)cc1. The molecule has 0 bridgehead atoms. The van der Waals surface area contributed by atoms with E-state index in [1.165, 1.54) is 28.7 Å². The summed E-state index contributed by atoms with van der Waals surface area (Å²) in [4.78, 5) is 20.4. The molecule has 2 aromatic heterocycles. The molecule has 0 fully saturated rings. The molecule has 0 saturated carbocycles. The second kappa shape index (κ2) is 7.92. The van der Waals surface area contributed by atoms with Gasteiger partial charge in [0.15, 0.2) is 9.35 Å². The minimum absolute atomic E-state index is 0.0743. The zero-order valence-electron chi connectivity index (χ0n) is 14.8. The van der Waals surface area contributed by atoms with Gasteiger partial charge >= 0.3 is 0 Å². The highest BCUT2D eigenvalue weighted by atomic mass is 32.2. The molecule has 26 heavy (non-hydrogen) atoms. The second-order valence-corrected chi connectivity index (χ2v) is 8.83. The monoisotopic (exact) mass is 385 g/mol. The fraction of sp³-hybridized carbons (Fsp3) is 0.278. The Morgan fingerprint density at radius 1 is 1.15 bits per heavy atom. The summed E-state index contributed by atoms with van der Waals surface area (Å²) in [5, 5.41) is 11.8. The molecular formula is C18H19N5OS2. The van der Waals surface area contributed by atoms with Crippen molar-refractivity contribution in [3.8, 4) is 10.7 Å². The Bertz CT molecular complexity index is 873. The Labute approximate surface area is 160 Å². The van der Waals surface area contributed by atoms with Crippen molar-refractivity contribution in [1.82, 2.24) is 20.2 Å². The van der Waals surface area contributed by atoms with Crippen molar-refractivity contribution in [1.29, 1.82) is 0 Å². The third kappa shape index (κ3) is 4.86. The number of anilines is 1. The Kier molecular flexibility index (Phi) is 5.63. The van der Waals surface area contributed by atoms with Gasteiger partial charge in [-0.1, -0.05) is 56.0 Å². The number of benzene rings is 1. The first-order valence-electron chi connectivity index (χ1n) is 8.05. The van der Waals surface area contributed by atoms with Gasteiger partial charge in [-0.15, -0.1) is 10.2 Å². The van der Waals surface area contributed by atoms with Gasteiger partial charge in [0.1, 0.15) is 5.69 Å². The van der Waals surface area contributed by atoms with Crippen molar-refractivity contribution in [3.63, 3.8) is 0 Å². The number of carbonyl (C=O) groups excluding carboxylic acids is 1. The first kappa shape index (κ1) is 18.5. The van der Waals surface area contributed by atoms with Crippen LogP contribution in [-0.2, 0) is 10.2 Å². The van der Waals surface area contributed by atoms with Crippen molar-refractivity contribution in [2.75, 3.05) is 11.1 Å². The van der Waals surface area contributed by atoms with Gasteiger partial charge in [0.05, 0.1) is 11.9 Å². The average molecular weight is 386 g/mol. The number of rotatable bonds is 5. The molecule has 0 spiro atoms. The number of thioether (sulfide) groups is 1. The third-order valence-corrected chi connectivity index (χ3v) is 5.63. The Morgan fingerprint density at radius 3 is 2.58 bits per heavy atom. The maximum absolute atomic E-state index is 12.1. The summed E-state index contributed by atoms with van der Waals surface area (Å²) in [6, 6.07) is 7.95. The molecule has 0 radical (unpaired) electrons. The van der Waals surface area contributed by atoms with Gasteiger partial charge in [-0.25, -0.2) is 0 Å². The van der Waals surface area contributed by atoms with Crippen LogP contribution < -0.4 is 5.32 Å². The maximum Gasteiger partial charge on any atom is 0.234 e. The summed E-state index contributed by atoms with van der Waals surface area (Å²) in [5.41, 5.74) is 2.80. The minimum Gasteiger partial charge on any atom is -0.325 e. The van der Waals surface area contributed by atoms with Crippen LogP contribution in [0.4, 0.5) is 5.69 Å². The lowest BCUT2D eigenvalue weighted by Crippen LogP contribution is -2.15. The Morgan fingerprint density at radius 2 is 1.92 bits per heavy atom. The normalized spacial score (nSPS) is 11.3. The number of carbonyl (C=O) groups is 1. The predicted molar refractivity (Wildman–Crippen MR) is 105 cm³/mol. The first-order chi connectivity index (χ1) is 12.4. The van der Waals surface area contributed by atoms with E-state index in [0.29, 0.717) is 10.7 Å². The molecule has 2 heterocycles. The largest absolute Gasteiger partial charge is 0.325 e. The van der Waals surface area contributed by atoms with E-state index < -0.39 is 0 Å². The molecular weight excluding hydrogens is 366 g/mol. The van der Waals surface area contributed by atoms with E-state index in [-0.39, 0.29) is 17.1 Å². The van der Waals surface area contributed by atoms with Crippen molar-refractivity contribution < 1.29 is 4.79 Å². The molecule has 3 rings (SSSR count). The Balaban J connectivity index is 1.54. The van der Waals surface area contributed by atoms with E-state index >= 15 is 0 Å². The molecule has 1 N–H and O–H groups in total. The van der Waals surface area contributed by atoms with Crippen molar-refractivity contribution in [2.45, 2.75) is 30.5 Å². The van der Waals surface area contributed by atoms with Gasteiger partial charge in [-0.3, -0.25) is 14.8 Å². The van der Waals surface area contributed by atoms with Crippen molar-refractivity contribution in [2.24, 2.45) is 0 Å². The topological polar surface area (TPSA) is 80.7 Å². The molecule has 8 heteroatoms. The van der Waals surface area contributed by atoms with Gasteiger partial charge in [0, 0.05) is 18.1 Å². The third-order valence-electron chi connectivity index (χ3n) is 3.55. The van der Waals surface area contributed by atoms with Gasteiger partial charge in [-0.2, -0.15) is 0 Å². The lowest BCUT2D eigenvalue weighted by molar-refractivity contribution is -0.113. The quantitative estimate of drug-likeness (QED) is 0.668. The van der Waals surface area contributed by atoms with Crippen LogP contribution in [0.1, 0.15) is 26.3 Å². The van der Waals surface area contributed by atoms with Crippen LogP contribution in [0.15, 0.2) is 47.2 Å². The number of aromatic nitrogens is 4. The second-order valence-electron chi connectivity index (χ2n) is 6.63. The number of nitrogens with zero attached hydrogens (tertiary/aromatic N) is 4. The Hall–Kier alpha value is -2.32. The summed E-state index contributed by atoms with van der Waals surface area (Å²) in [5.74, 6) is 0.200. The summed E-state index contributed by atoms with van der Waals surface area (Å²) < 4.78 is 0.726. The standard InChI is InChI=1S/C18H19N5OS2/c1-18(2,3)12-4-6-13(7-5-12)21-15(24)11-25-17-23-22-16(26-17)14-10-19-8-9-20-14/h4-10H,11H2,1-3H3,(H,21,24). The number of amides is 1. The zero-order valence-corrected chi connectivity index (χ0v) is 16.4. The van der Waals surface area contributed by atoms with E-state index in [9.17, 15) is 4.79 Å². The van der Waals surface area contributed by atoms with Gasteiger partial charge in [-0.05, 0) is 23.1 Å². The summed E-state index contributed by atoms with van der Waals surface area (Å²) in [6.07, 6.45) is 4.86. The molecule has 0 aliphatic heterocycles. The minimum atomic E-state index is -0.0743. The molecule has 1 aromatic carbocycles. The fourth-order valence-electron chi connectivity index (χ4n) is 2.16. The molecule has 1 amide bonds. The molecule has 134 valence electrons. The highest BCUT2D eigenvalue weighted by Gasteiger charge is 2.14. The molecule has 0 aliphatic rings. The van der Waals surface area contributed by atoms with Gasteiger partial charge < -0.3 is 5.32 Å². The molecule has 0 saturated heterocycles. The fourth-order valence-corrected chi connectivity index (χ4v) is 3.77. The van der Waals surface area contributed by atoms with Crippen LogP contribution in [0.25, 0.3) is 10.7 Å². The lowest BCUT2D eigenvalue weighted by atomic mass is 9.87. The number of hydrogen-bond acceptors (Lipinski definition) is 7. The number of hydrogen-bond donors (Lipinski definition) is 1. The highest BCUT2D eigenvalue weighted by molar-refractivity contribution is 8.01. The predicted octanol–water partition coefficient (Wildman–Crippen LogP) is 4.02. The number of nitrogens with one attached hydrogen (secondary N) is 1. The summed E-state index contributed by atoms with van der Waals surface area (Å²) in [7, 11) is 0. The van der Waals surface area contributed by atoms with E-state index in [4.69, 9.17) is 0 Å². The van der Waals surface area contributed by atoms with Crippen LogP contribution >= 0.6 is 23.1 Å². The molecule has 0 atom stereocenters.